The number of imide groups is 3. The second-order valence-electron chi connectivity index (χ2n) is 13.8. The number of rotatable bonds is 3. The molecule has 9 amide bonds. The lowest BCUT2D eigenvalue weighted by molar-refractivity contribution is -0.126. The van der Waals surface area contributed by atoms with Gasteiger partial charge >= 0.3 is 0 Å². The number of hydrogen-bond acceptors (Lipinski definition) is 12. The second kappa shape index (κ2) is 15.5. The maximum Gasteiger partial charge on any atom is 0.264 e. The van der Waals surface area contributed by atoms with Crippen LogP contribution in [0.4, 0.5) is 17.1 Å². The van der Waals surface area contributed by atoms with Crippen LogP contribution in [-0.4, -0.2) is 85.9 Å². The van der Waals surface area contributed by atoms with Crippen molar-refractivity contribution in [3.05, 3.63) is 125 Å². The Kier molecular flexibility index (Phi) is 8.27. The van der Waals surface area contributed by atoms with Crippen LogP contribution >= 0.6 is 0 Å². The Morgan fingerprint density at radius 1 is 0.550 bits per heavy atom. The summed E-state index contributed by atoms with van der Waals surface area (Å²) in [6, 6.07) is 1.51. The maximum atomic E-state index is 12.7. The van der Waals surface area contributed by atoms with Gasteiger partial charge in [0.05, 0.1) is 40.2 Å². The molecule has 9 N–H and O–H groups in total. The average molecular weight is 821 g/mol. The van der Waals surface area contributed by atoms with Crippen LogP contribution in [0.2, 0.25) is 0 Å². The van der Waals surface area contributed by atoms with Gasteiger partial charge in [-0.15, -0.1) is 0 Å². The summed E-state index contributed by atoms with van der Waals surface area (Å²) >= 11 is 0. The van der Waals surface area contributed by atoms with E-state index in [1.165, 1.54) is 30.3 Å². The minimum atomic E-state index is -2.20. The van der Waals surface area contributed by atoms with Crippen molar-refractivity contribution in [2.24, 2.45) is 0 Å². The van der Waals surface area contributed by atoms with Crippen molar-refractivity contribution in [1.29, 1.82) is 0 Å². The zero-order valence-electron chi connectivity index (χ0n) is 38.4. The molecule has 306 valence electrons. The van der Waals surface area contributed by atoms with E-state index in [-0.39, 0.29) is 65.0 Å². The summed E-state index contributed by atoms with van der Waals surface area (Å²) < 4.78 is 55.9. The highest BCUT2D eigenvalue weighted by atomic mass is 16.2. The lowest BCUT2D eigenvalue weighted by Crippen LogP contribution is -2.51. The van der Waals surface area contributed by atoms with Crippen LogP contribution < -0.4 is 33.2 Å². The predicted octanol–water partition coefficient (Wildman–Crippen LogP) is 1.97. The summed E-state index contributed by atoms with van der Waals surface area (Å²) in [5, 5.41) is 7.17. The molecule has 3 fully saturated rings. The van der Waals surface area contributed by atoms with E-state index in [0.29, 0.717) is 32.5 Å². The number of fused-ring (bicyclic) bond motifs is 3. The first kappa shape index (κ1) is 32.1. The topological polar surface area (TPSA) is 278 Å². The molecule has 6 heterocycles. The number of piperidine rings is 3. The number of nitrogens with one attached hydrogen (secondary N) is 3. The fourth-order valence-corrected chi connectivity index (χ4v) is 7.08. The van der Waals surface area contributed by atoms with Gasteiger partial charge in [-0.2, -0.15) is 0 Å². The van der Waals surface area contributed by atoms with Crippen molar-refractivity contribution >= 4 is 70.2 Å². The van der Waals surface area contributed by atoms with E-state index >= 15 is 0 Å². The van der Waals surface area contributed by atoms with Gasteiger partial charge in [0.2, 0.25) is 17.7 Å². The molecule has 6 aliphatic rings. The third-order valence-electron chi connectivity index (χ3n) is 9.95. The summed E-state index contributed by atoms with van der Waals surface area (Å²) in [6.45, 7) is 10.7. The first-order valence-electron chi connectivity index (χ1n) is 21.5. The largest absolute Gasteiger partial charge is 0.398 e. The quantitative estimate of drug-likeness (QED) is 0.164. The number of nitrogens with zero attached hydrogens (tertiary/aromatic N) is 3. The number of nitrogen functional groups attached to an aromatic ring is 3. The van der Waals surface area contributed by atoms with Crippen molar-refractivity contribution in [2.75, 3.05) is 17.2 Å². The van der Waals surface area contributed by atoms with Crippen LogP contribution in [-0.2, 0) is 14.4 Å². The van der Waals surface area contributed by atoms with Crippen molar-refractivity contribution < 1.29 is 52.7 Å². The molecule has 3 aromatic rings. The first-order chi connectivity index (χ1) is 31.2. The molecule has 3 unspecified atom stereocenters. The number of amides is 9. The number of allylic oxidation sites excluding steroid dienone is 3. The van der Waals surface area contributed by atoms with E-state index in [1.807, 2.05) is 0 Å². The number of nitrogens with two attached hydrogens (primary N) is 3. The molecule has 18 heteroatoms. The normalized spacial score (nSPS) is 27.0. The number of carbonyl (C=O) groups is 9. The average Bonchev–Trinajstić information content (AvgIpc) is 3.78. The fraction of sp³-hybridized carbons (Fsp3) is 0.214. The van der Waals surface area contributed by atoms with Crippen LogP contribution in [0, 0.1) is 0 Å². The Balaban J connectivity index is 0.000000149. The third kappa shape index (κ3) is 6.82. The highest BCUT2D eigenvalue weighted by Gasteiger charge is 2.47. The van der Waals surface area contributed by atoms with Gasteiger partial charge in [-0.3, -0.25) is 57.9 Å². The van der Waals surface area contributed by atoms with Gasteiger partial charge < -0.3 is 33.2 Å². The van der Waals surface area contributed by atoms with E-state index in [9.17, 15) is 43.2 Å². The van der Waals surface area contributed by atoms with Gasteiger partial charge in [0, 0.05) is 36.9 Å². The Labute approximate surface area is 351 Å². The zero-order valence-corrected chi connectivity index (χ0v) is 31.4. The molecule has 0 radical (unpaired) electrons. The number of hydrogen-bond donors (Lipinski definition) is 6. The smallest absolute Gasteiger partial charge is 0.264 e. The summed E-state index contributed by atoms with van der Waals surface area (Å²) in [5.41, 5.74) is 17.5. The lowest BCUT2D eigenvalue weighted by Gasteiger charge is -2.29. The Bertz CT molecular complexity index is 2880. The first-order valence-corrected chi connectivity index (χ1v) is 18.0. The molecule has 0 spiro atoms. The lowest BCUT2D eigenvalue weighted by atomic mass is 10.0. The van der Waals surface area contributed by atoms with Gasteiger partial charge in [0.1, 0.15) is 18.1 Å². The molecule has 0 saturated carbocycles. The summed E-state index contributed by atoms with van der Waals surface area (Å²) in [4.78, 5) is 113. The Morgan fingerprint density at radius 2 is 0.967 bits per heavy atom. The molecule has 9 rings (SSSR count). The highest BCUT2D eigenvalue weighted by molar-refractivity contribution is 6.26. The minimum Gasteiger partial charge on any atom is -0.398 e. The molecule has 0 bridgehead atoms. The summed E-state index contributed by atoms with van der Waals surface area (Å²) in [7, 11) is 0. The van der Waals surface area contributed by atoms with Crippen molar-refractivity contribution in [1.82, 2.24) is 30.7 Å². The van der Waals surface area contributed by atoms with Crippen molar-refractivity contribution in [3.8, 4) is 0 Å². The standard InChI is InChI=1S/3C14H13N3O3/c3*1-7-5-6-10(12(18)16-7)17-13(19)8-3-2-4-9(15)11(8)14(17)20/h3*2-4,10H,1,5-6,15H2,(H,16,18)/i2D,3D,4D,10D;10D;6D2. The predicted molar refractivity (Wildman–Crippen MR) is 215 cm³/mol. The van der Waals surface area contributed by atoms with Crippen LogP contribution in [0.15, 0.2) is 91.4 Å². The number of anilines is 3. The molecular formula is C42H39N9O9. The summed E-state index contributed by atoms with van der Waals surface area (Å²) in [5.74, 6) is -7.26. The molecule has 3 saturated heterocycles. The summed E-state index contributed by atoms with van der Waals surface area (Å²) in [6.07, 6.45) is -1.86. The SMILES string of the molecule is [2H]C1(N2C(=O)c3cccc(N)c3C2=O)CCC(=C)NC1=O.[2H]C1([2H])CC(=C)NC(=O)C1N1C(=O)c2cccc(N)c2C1=O.[2H]c1c([2H])c(N)c2c(c1[2H])C(=O)N(C1([2H])CCC(=C)NC1=O)C2=O. The highest BCUT2D eigenvalue weighted by Crippen LogP contribution is 2.34. The van der Waals surface area contributed by atoms with E-state index in [2.05, 4.69) is 35.7 Å². The molecule has 3 aromatic carbocycles. The molecule has 60 heavy (non-hydrogen) atoms. The van der Waals surface area contributed by atoms with Crippen LogP contribution in [0.3, 0.4) is 0 Å². The molecule has 0 aromatic heterocycles. The maximum absolute atomic E-state index is 12.7. The zero-order chi connectivity index (χ0) is 49.6. The van der Waals surface area contributed by atoms with E-state index in [4.69, 9.17) is 26.8 Å². The Hall–Kier alpha value is -7.89. The van der Waals surface area contributed by atoms with Crippen LogP contribution in [0.5, 0.6) is 0 Å². The molecular weight excluding hydrogens is 775 g/mol. The number of benzene rings is 3. The fourth-order valence-electron chi connectivity index (χ4n) is 7.08. The van der Waals surface area contributed by atoms with E-state index in [0.717, 1.165) is 0 Å². The Morgan fingerprint density at radius 3 is 1.43 bits per heavy atom. The number of carbonyl (C=O) groups excluding carboxylic acids is 9. The van der Waals surface area contributed by atoms with Crippen LogP contribution in [0.25, 0.3) is 0 Å². The van der Waals surface area contributed by atoms with Gasteiger partial charge in [0.15, 0.2) is 0 Å². The third-order valence-corrected chi connectivity index (χ3v) is 9.95. The van der Waals surface area contributed by atoms with Gasteiger partial charge in [-0.1, -0.05) is 37.9 Å². The van der Waals surface area contributed by atoms with E-state index < -0.39 is 113 Å². The van der Waals surface area contributed by atoms with Crippen molar-refractivity contribution in [3.63, 3.8) is 0 Å². The molecule has 0 aliphatic carbocycles. The minimum absolute atomic E-state index is 0.0144. The van der Waals surface area contributed by atoms with Crippen LogP contribution in [0.1, 0.15) is 110 Å². The van der Waals surface area contributed by atoms with Crippen molar-refractivity contribution in [2.45, 2.75) is 56.6 Å². The second-order valence-corrected chi connectivity index (χ2v) is 13.8. The van der Waals surface area contributed by atoms with Gasteiger partial charge in [-0.25, -0.2) is 0 Å². The molecule has 6 aliphatic heterocycles. The molecule has 3 atom stereocenters. The monoisotopic (exact) mass is 820 g/mol. The van der Waals surface area contributed by atoms with Gasteiger partial charge in [-0.05, 0) is 74.8 Å². The van der Waals surface area contributed by atoms with E-state index in [1.54, 1.807) is 6.07 Å². The van der Waals surface area contributed by atoms with Gasteiger partial charge in [0.25, 0.3) is 35.4 Å². The molecule has 18 nitrogen and oxygen atoms in total.